The van der Waals surface area contributed by atoms with E-state index < -0.39 is 0 Å². The molecule has 0 aliphatic rings. The summed E-state index contributed by atoms with van der Waals surface area (Å²) in [6.07, 6.45) is 7.35. The van der Waals surface area contributed by atoms with Crippen LogP contribution in [0.15, 0.2) is 48.5 Å². The van der Waals surface area contributed by atoms with Crippen molar-refractivity contribution in [1.29, 1.82) is 0 Å². The van der Waals surface area contributed by atoms with Crippen LogP contribution in [0.4, 0.5) is 0 Å². The number of benzene rings is 2. The summed E-state index contributed by atoms with van der Waals surface area (Å²) in [6.45, 7) is 6.56. The molecule has 2 aromatic rings. The molecule has 0 spiro atoms. The lowest BCUT2D eigenvalue weighted by Crippen LogP contribution is -1.87. The van der Waals surface area contributed by atoms with Gasteiger partial charge in [-0.1, -0.05) is 85.5 Å². The SMILES string of the molecule is CCCCC/C(=C/c1cccc(C)c1)c1ccc(C)cc1. The van der Waals surface area contributed by atoms with Gasteiger partial charge in [0.05, 0.1) is 0 Å². The fraction of sp³-hybridized carbons (Fsp3) is 0.333. The van der Waals surface area contributed by atoms with Crippen molar-refractivity contribution in [2.75, 3.05) is 0 Å². The summed E-state index contributed by atoms with van der Waals surface area (Å²) >= 11 is 0. The number of rotatable bonds is 6. The van der Waals surface area contributed by atoms with Crippen molar-refractivity contribution in [2.45, 2.75) is 46.5 Å². The van der Waals surface area contributed by atoms with Crippen molar-refractivity contribution in [1.82, 2.24) is 0 Å². The Labute approximate surface area is 129 Å². The highest BCUT2D eigenvalue weighted by Gasteiger charge is 2.02. The van der Waals surface area contributed by atoms with Gasteiger partial charge in [-0.15, -0.1) is 0 Å². The zero-order chi connectivity index (χ0) is 15.1. The molecule has 0 amide bonds. The highest BCUT2D eigenvalue weighted by Crippen LogP contribution is 2.25. The van der Waals surface area contributed by atoms with Crippen LogP contribution in [0, 0.1) is 13.8 Å². The third-order valence-corrected chi connectivity index (χ3v) is 3.86. The van der Waals surface area contributed by atoms with E-state index in [1.54, 1.807) is 0 Å². The van der Waals surface area contributed by atoms with E-state index in [1.807, 2.05) is 0 Å². The van der Waals surface area contributed by atoms with Crippen LogP contribution in [-0.4, -0.2) is 0 Å². The highest BCUT2D eigenvalue weighted by molar-refractivity contribution is 5.81. The van der Waals surface area contributed by atoms with Gasteiger partial charge in [0.15, 0.2) is 0 Å². The molecule has 0 saturated carbocycles. The maximum Gasteiger partial charge on any atom is -0.0224 e. The fourth-order valence-electron chi connectivity index (χ4n) is 2.59. The van der Waals surface area contributed by atoms with E-state index in [2.05, 4.69) is 75.4 Å². The molecule has 0 unspecified atom stereocenters. The Kier molecular flexibility index (Phi) is 5.80. The molecule has 0 heterocycles. The Balaban J connectivity index is 2.28. The van der Waals surface area contributed by atoms with Crippen LogP contribution in [-0.2, 0) is 0 Å². The van der Waals surface area contributed by atoms with Crippen molar-refractivity contribution >= 4 is 11.6 Å². The first-order chi connectivity index (χ1) is 10.2. The Bertz CT molecular complexity index is 588. The molecule has 0 aliphatic carbocycles. The van der Waals surface area contributed by atoms with Gasteiger partial charge in [0, 0.05) is 0 Å². The second kappa shape index (κ2) is 7.83. The lowest BCUT2D eigenvalue weighted by atomic mass is 9.96. The number of allylic oxidation sites excluding steroid dienone is 1. The summed E-state index contributed by atoms with van der Waals surface area (Å²) in [5.41, 5.74) is 6.76. The van der Waals surface area contributed by atoms with Gasteiger partial charge in [0.2, 0.25) is 0 Å². The topological polar surface area (TPSA) is 0 Å². The normalized spacial score (nSPS) is 11.7. The summed E-state index contributed by atoms with van der Waals surface area (Å²) < 4.78 is 0. The number of unbranched alkanes of at least 4 members (excludes halogenated alkanes) is 2. The van der Waals surface area contributed by atoms with Crippen LogP contribution < -0.4 is 0 Å². The second-order valence-electron chi connectivity index (χ2n) is 5.91. The van der Waals surface area contributed by atoms with Gasteiger partial charge in [-0.05, 0) is 43.4 Å². The summed E-state index contributed by atoms with van der Waals surface area (Å²) in [4.78, 5) is 0. The predicted molar refractivity (Wildman–Crippen MR) is 94.4 cm³/mol. The van der Waals surface area contributed by atoms with E-state index in [-0.39, 0.29) is 0 Å². The molecule has 2 rings (SSSR count). The van der Waals surface area contributed by atoms with Gasteiger partial charge >= 0.3 is 0 Å². The van der Waals surface area contributed by atoms with Crippen molar-refractivity contribution in [3.8, 4) is 0 Å². The first-order valence-corrected chi connectivity index (χ1v) is 8.03. The highest BCUT2D eigenvalue weighted by atomic mass is 14.1. The van der Waals surface area contributed by atoms with Crippen LogP contribution >= 0.6 is 0 Å². The molecule has 0 aliphatic heterocycles. The molecule has 0 saturated heterocycles. The number of hydrogen-bond acceptors (Lipinski definition) is 0. The molecule has 21 heavy (non-hydrogen) atoms. The molecule has 0 nitrogen and oxygen atoms in total. The molecule has 0 atom stereocenters. The summed E-state index contributed by atoms with van der Waals surface area (Å²) in [7, 11) is 0. The summed E-state index contributed by atoms with van der Waals surface area (Å²) in [6, 6.07) is 17.7. The molecule has 0 bridgehead atoms. The van der Waals surface area contributed by atoms with Gasteiger partial charge in [-0.3, -0.25) is 0 Å². The van der Waals surface area contributed by atoms with Gasteiger partial charge in [0.25, 0.3) is 0 Å². The lowest BCUT2D eigenvalue weighted by molar-refractivity contribution is 0.736. The number of aryl methyl sites for hydroxylation is 2. The van der Waals surface area contributed by atoms with E-state index in [0.29, 0.717) is 0 Å². The molecule has 0 heteroatoms. The van der Waals surface area contributed by atoms with Gasteiger partial charge < -0.3 is 0 Å². The Hall–Kier alpha value is -1.82. The van der Waals surface area contributed by atoms with E-state index in [4.69, 9.17) is 0 Å². The minimum Gasteiger partial charge on any atom is -0.0654 e. The third-order valence-electron chi connectivity index (χ3n) is 3.86. The third kappa shape index (κ3) is 4.90. The fourth-order valence-corrected chi connectivity index (χ4v) is 2.59. The van der Waals surface area contributed by atoms with Gasteiger partial charge in [-0.25, -0.2) is 0 Å². The van der Waals surface area contributed by atoms with Gasteiger partial charge in [0.1, 0.15) is 0 Å². The minimum atomic E-state index is 1.16. The maximum absolute atomic E-state index is 2.35. The van der Waals surface area contributed by atoms with Crippen molar-refractivity contribution < 1.29 is 0 Å². The van der Waals surface area contributed by atoms with Crippen LogP contribution in [0.2, 0.25) is 0 Å². The van der Waals surface area contributed by atoms with Crippen LogP contribution in [0.1, 0.15) is 54.9 Å². The van der Waals surface area contributed by atoms with E-state index in [0.717, 1.165) is 6.42 Å². The Morgan fingerprint density at radius 3 is 2.33 bits per heavy atom. The standard InChI is InChI=1S/C21H26/c1-4-5-6-10-21(20-13-11-17(2)12-14-20)16-19-9-7-8-18(3)15-19/h7-9,11-16H,4-6,10H2,1-3H3/b21-16-. The first-order valence-electron chi connectivity index (χ1n) is 8.03. The Morgan fingerprint density at radius 2 is 1.67 bits per heavy atom. The molecule has 2 aromatic carbocycles. The molecular weight excluding hydrogens is 252 g/mol. The Morgan fingerprint density at radius 1 is 0.905 bits per heavy atom. The summed E-state index contributed by atoms with van der Waals surface area (Å²) in [5.74, 6) is 0. The molecule has 0 N–H and O–H groups in total. The largest absolute Gasteiger partial charge is 0.0654 e. The number of hydrogen-bond donors (Lipinski definition) is 0. The average Bonchev–Trinajstić information content (AvgIpc) is 2.47. The molecule has 0 aromatic heterocycles. The van der Waals surface area contributed by atoms with Gasteiger partial charge in [-0.2, -0.15) is 0 Å². The zero-order valence-electron chi connectivity index (χ0n) is 13.5. The quantitative estimate of drug-likeness (QED) is 0.422. The minimum absolute atomic E-state index is 1.16. The monoisotopic (exact) mass is 278 g/mol. The van der Waals surface area contributed by atoms with Crippen LogP contribution in [0.5, 0.6) is 0 Å². The predicted octanol–water partition coefficient (Wildman–Crippen LogP) is 6.42. The second-order valence-corrected chi connectivity index (χ2v) is 5.91. The lowest BCUT2D eigenvalue weighted by Gasteiger charge is -2.09. The van der Waals surface area contributed by atoms with E-state index in [1.165, 1.54) is 47.1 Å². The molecule has 110 valence electrons. The van der Waals surface area contributed by atoms with Crippen LogP contribution in [0.25, 0.3) is 11.6 Å². The summed E-state index contributed by atoms with van der Waals surface area (Å²) in [5, 5.41) is 0. The van der Waals surface area contributed by atoms with Crippen molar-refractivity contribution in [3.05, 3.63) is 70.8 Å². The zero-order valence-corrected chi connectivity index (χ0v) is 13.5. The smallest absolute Gasteiger partial charge is 0.0224 e. The van der Waals surface area contributed by atoms with Crippen molar-refractivity contribution in [2.24, 2.45) is 0 Å². The van der Waals surface area contributed by atoms with E-state index in [9.17, 15) is 0 Å². The molecular formula is C21H26. The first kappa shape index (κ1) is 15.6. The van der Waals surface area contributed by atoms with Crippen molar-refractivity contribution in [3.63, 3.8) is 0 Å². The average molecular weight is 278 g/mol. The van der Waals surface area contributed by atoms with Crippen LogP contribution in [0.3, 0.4) is 0 Å². The molecule has 0 radical (unpaired) electrons. The molecule has 0 fully saturated rings. The van der Waals surface area contributed by atoms with E-state index >= 15 is 0 Å². The maximum atomic E-state index is 2.35.